The van der Waals surface area contributed by atoms with Gasteiger partial charge in [0.2, 0.25) is 0 Å². The molecule has 12 heavy (non-hydrogen) atoms. The third-order valence-corrected chi connectivity index (χ3v) is 1.81. The number of rotatable bonds is 5. The third kappa shape index (κ3) is 5.09. The predicted octanol–water partition coefficient (Wildman–Crippen LogP) is -0.607. The Morgan fingerprint density at radius 1 is 1.50 bits per heavy atom. The molecular weight excluding hydrogens is 154 g/mol. The van der Waals surface area contributed by atoms with Crippen LogP contribution in [0.2, 0.25) is 0 Å². The summed E-state index contributed by atoms with van der Waals surface area (Å²) < 4.78 is 0. The van der Waals surface area contributed by atoms with Crippen LogP contribution in [-0.2, 0) is 0 Å². The van der Waals surface area contributed by atoms with E-state index in [-0.39, 0.29) is 6.03 Å². The highest BCUT2D eigenvalue weighted by atomic mass is 16.2. The number of primary amides is 1. The first-order chi connectivity index (χ1) is 5.74. The summed E-state index contributed by atoms with van der Waals surface area (Å²) in [6, 6.07) is -0.0952. The van der Waals surface area contributed by atoms with Gasteiger partial charge in [0.05, 0.1) is 0 Å². The monoisotopic (exact) mass is 173 g/mol. The first-order valence-corrected chi connectivity index (χ1v) is 4.37. The fourth-order valence-corrected chi connectivity index (χ4v) is 0.949. The molecule has 0 aliphatic carbocycles. The molecule has 0 aromatic heterocycles. The van der Waals surface area contributed by atoms with E-state index in [9.17, 15) is 4.79 Å². The highest BCUT2D eigenvalue weighted by Crippen LogP contribution is 1.83. The largest absolute Gasteiger partial charge is 0.395 e. The highest BCUT2D eigenvalue weighted by molar-refractivity contribution is 5.62. The fraction of sp³-hybridized carbons (Fsp3) is 0.750. The summed E-state index contributed by atoms with van der Waals surface area (Å²) in [6.07, 6.45) is 0. The molecule has 0 aliphatic rings. The molecule has 0 saturated heterocycles. The van der Waals surface area contributed by atoms with E-state index in [1.807, 2.05) is 0 Å². The van der Waals surface area contributed by atoms with Crippen LogP contribution in [0.4, 0.5) is 4.79 Å². The zero-order valence-corrected chi connectivity index (χ0v) is 7.97. The Labute approximate surface area is 74.3 Å². The summed E-state index contributed by atoms with van der Waals surface area (Å²) >= 11 is 0. The van der Waals surface area contributed by atoms with Crippen molar-refractivity contribution in [2.75, 3.05) is 26.2 Å². The molecule has 2 amide bonds. The Bertz CT molecular complexity index is 123. The van der Waals surface area contributed by atoms with Gasteiger partial charge in [-0.1, -0.05) is 13.8 Å². The highest BCUT2D eigenvalue weighted by Gasteiger charge is 2.00. The number of nitrogens with zero attached hydrogens (tertiary/aromatic N) is 1. The van der Waals surface area contributed by atoms with Gasteiger partial charge >= 0.3 is 6.03 Å². The summed E-state index contributed by atoms with van der Waals surface area (Å²) in [5, 5.41) is 4.03. The summed E-state index contributed by atoms with van der Waals surface area (Å²) in [5.74, 6) is 0. The molecule has 4 nitrogen and oxygen atoms in total. The summed E-state index contributed by atoms with van der Waals surface area (Å²) in [7, 11) is 3.37. The maximum Gasteiger partial charge on any atom is 0.387 e. The van der Waals surface area contributed by atoms with Crippen molar-refractivity contribution in [1.29, 1.82) is 0 Å². The maximum atomic E-state index is 10.7. The van der Waals surface area contributed by atoms with Crippen LogP contribution in [0.5, 0.6) is 0 Å². The van der Waals surface area contributed by atoms with E-state index in [0.29, 0.717) is 6.54 Å². The van der Waals surface area contributed by atoms with Gasteiger partial charge in [-0.15, -0.1) is 7.05 Å². The molecule has 0 fully saturated rings. The van der Waals surface area contributed by atoms with Crippen LogP contribution >= 0.6 is 0 Å². The number of amides is 2. The van der Waals surface area contributed by atoms with Gasteiger partial charge in [0.25, 0.3) is 0 Å². The number of carbonyl (C=O) groups is 1. The Hall–Kier alpha value is -0.610. The van der Waals surface area contributed by atoms with Gasteiger partial charge in [0.1, 0.15) is 0 Å². The zero-order chi connectivity index (χ0) is 9.40. The lowest BCUT2D eigenvalue weighted by molar-refractivity contribution is -0.490. The number of hydrogen-bond acceptors (Lipinski definition) is 2. The molecule has 72 valence electrons. The molecule has 0 spiro atoms. The Morgan fingerprint density at radius 2 is 2.08 bits per heavy atom. The molecule has 0 heterocycles. The average Bonchev–Trinajstić information content (AvgIpc) is 2.12. The van der Waals surface area contributed by atoms with Crippen molar-refractivity contribution in [3.63, 3.8) is 0 Å². The van der Waals surface area contributed by atoms with Crippen LogP contribution in [0.15, 0.2) is 0 Å². The number of carbonyl (C=O) groups excluding carboxylic acids is 1. The molecule has 0 radical (unpaired) electrons. The van der Waals surface area contributed by atoms with E-state index in [4.69, 9.17) is 0 Å². The van der Waals surface area contributed by atoms with E-state index in [0.717, 1.165) is 19.6 Å². The SMILES string of the molecule is [CH2-][NH2+]C(=O)NCCN(CC)CC. The quantitative estimate of drug-likeness (QED) is 0.545. The Kier molecular flexibility index (Phi) is 6.70. The molecule has 0 aliphatic heterocycles. The molecule has 0 unspecified atom stereocenters. The average molecular weight is 173 g/mol. The normalized spacial score (nSPS) is 10.3. The minimum absolute atomic E-state index is 0.0952. The number of likely N-dealkylation sites (N-methyl/N-ethyl adjacent to an activating group) is 1. The van der Waals surface area contributed by atoms with Crippen LogP contribution in [0.3, 0.4) is 0 Å². The van der Waals surface area contributed by atoms with Crippen molar-refractivity contribution in [1.82, 2.24) is 10.2 Å². The van der Waals surface area contributed by atoms with Gasteiger partial charge in [0.15, 0.2) is 0 Å². The van der Waals surface area contributed by atoms with Crippen molar-refractivity contribution in [2.45, 2.75) is 13.8 Å². The van der Waals surface area contributed by atoms with Crippen molar-refractivity contribution in [2.24, 2.45) is 0 Å². The second-order valence-electron chi connectivity index (χ2n) is 2.52. The number of hydrogen-bond donors (Lipinski definition) is 2. The Morgan fingerprint density at radius 3 is 2.50 bits per heavy atom. The molecule has 0 aromatic carbocycles. The van der Waals surface area contributed by atoms with Crippen molar-refractivity contribution in [3.8, 4) is 0 Å². The summed E-state index contributed by atoms with van der Waals surface area (Å²) in [5.41, 5.74) is 0. The molecule has 0 aromatic rings. The smallest absolute Gasteiger partial charge is 0.387 e. The third-order valence-electron chi connectivity index (χ3n) is 1.81. The molecule has 4 heteroatoms. The number of nitrogens with one attached hydrogen (secondary N) is 1. The van der Waals surface area contributed by atoms with Crippen molar-refractivity contribution < 1.29 is 10.1 Å². The van der Waals surface area contributed by atoms with Crippen LogP contribution < -0.4 is 10.6 Å². The van der Waals surface area contributed by atoms with Crippen LogP contribution in [-0.4, -0.2) is 37.1 Å². The molecule has 0 rings (SSSR count). The lowest BCUT2D eigenvalue weighted by atomic mass is 10.4. The van der Waals surface area contributed by atoms with E-state index in [1.54, 1.807) is 0 Å². The first kappa shape index (κ1) is 11.4. The van der Waals surface area contributed by atoms with Gasteiger partial charge in [-0.05, 0) is 13.1 Å². The number of quaternary nitrogens is 1. The lowest BCUT2D eigenvalue weighted by Gasteiger charge is -2.17. The predicted molar refractivity (Wildman–Crippen MR) is 48.5 cm³/mol. The topological polar surface area (TPSA) is 49.0 Å². The van der Waals surface area contributed by atoms with Gasteiger partial charge < -0.3 is 15.5 Å². The second-order valence-corrected chi connectivity index (χ2v) is 2.52. The lowest BCUT2D eigenvalue weighted by Crippen LogP contribution is -2.84. The van der Waals surface area contributed by atoms with Crippen LogP contribution in [0.25, 0.3) is 0 Å². The molecule has 0 bridgehead atoms. The van der Waals surface area contributed by atoms with E-state index < -0.39 is 0 Å². The second kappa shape index (κ2) is 7.06. The van der Waals surface area contributed by atoms with Crippen LogP contribution in [0.1, 0.15) is 13.8 Å². The van der Waals surface area contributed by atoms with Crippen molar-refractivity contribution >= 4 is 6.03 Å². The van der Waals surface area contributed by atoms with Gasteiger partial charge in [-0.3, -0.25) is 0 Å². The van der Waals surface area contributed by atoms with Gasteiger partial charge in [-0.25, -0.2) is 4.79 Å². The van der Waals surface area contributed by atoms with Crippen LogP contribution in [0, 0.1) is 7.05 Å². The first-order valence-electron chi connectivity index (χ1n) is 4.37. The molecule has 0 saturated carbocycles. The molecular formula is C8H19N3O. The molecule has 0 atom stereocenters. The fourth-order valence-electron chi connectivity index (χ4n) is 0.949. The minimum atomic E-state index is -0.0952. The van der Waals surface area contributed by atoms with E-state index in [1.165, 1.54) is 5.32 Å². The standard InChI is InChI=1S/C8H19N3O/c1-4-11(5-2)7-6-10-8(12)9-3/h3-7,9H2,1-2H3,(H,10,12). The molecule has 3 N–H and O–H groups in total. The number of urea groups is 1. The van der Waals surface area contributed by atoms with E-state index >= 15 is 0 Å². The van der Waals surface area contributed by atoms with Crippen molar-refractivity contribution in [3.05, 3.63) is 7.05 Å². The maximum absolute atomic E-state index is 10.7. The minimum Gasteiger partial charge on any atom is -0.395 e. The number of nitrogens with two attached hydrogens (primary N) is 1. The van der Waals surface area contributed by atoms with Gasteiger partial charge in [0, 0.05) is 13.1 Å². The van der Waals surface area contributed by atoms with Gasteiger partial charge in [-0.2, -0.15) is 0 Å². The van der Waals surface area contributed by atoms with E-state index in [2.05, 4.69) is 31.1 Å². The zero-order valence-electron chi connectivity index (χ0n) is 7.97. The summed E-state index contributed by atoms with van der Waals surface area (Å²) in [6.45, 7) is 7.89. The summed E-state index contributed by atoms with van der Waals surface area (Å²) in [4.78, 5) is 13.0. The Balaban J connectivity index is 3.34.